The van der Waals surface area contributed by atoms with Crippen LogP contribution in [0.5, 0.6) is 0 Å². The molecular formula is C18H23N3OS. The smallest absolute Gasteiger partial charge is 0.236 e. The Morgan fingerprint density at radius 3 is 2.74 bits per heavy atom. The molecule has 2 aromatic rings. The lowest BCUT2D eigenvalue weighted by Gasteiger charge is -2.21. The lowest BCUT2D eigenvalue weighted by atomic mass is 9.95. The van der Waals surface area contributed by atoms with Gasteiger partial charge < -0.3 is 10.6 Å². The second kappa shape index (κ2) is 7.25. The fraction of sp³-hybridized carbons (Fsp3) is 0.389. The van der Waals surface area contributed by atoms with Gasteiger partial charge in [0.1, 0.15) is 0 Å². The van der Waals surface area contributed by atoms with Gasteiger partial charge in [-0.05, 0) is 17.0 Å². The Morgan fingerprint density at radius 2 is 2.04 bits per heavy atom. The molecule has 2 heterocycles. The van der Waals surface area contributed by atoms with Crippen molar-refractivity contribution >= 4 is 17.2 Å². The molecule has 1 aliphatic rings. The summed E-state index contributed by atoms with van der Waals surface area (Å²) in [4.78, 5) is 17.6. The predicted molar refractivity (Wildman–Crippen MR) is 94.4 cm³/mol. The van der Waals surface area contributed by atoms with Crippen molar-refractivity contribution in [1.82, 2.24) is 9.80 Å². The Bertz CT molecular complexity index is 629. The lowest BCUT2D eigenvalue weighted by Crippen LogP contribution is -2.38. The second-order valence-electron chi connectivity index (χ2n) is 6.20. The number of amides is 1. The van der Waals surface area contributed by atoms with E-state index in [0.717, 1.165) is 13.1 Å². The normalized spacial score (nSPS) is 21.5. The van der Waals surface area contributed by atoms with Crippen molar-refractivity contribution in [2.24, 2.45) is 5.73 Å². The number of hydrogen-bond donors (Lipinski definition) is 1. The molecule has 0 spiro atoms. The number of rotatable bonds is 5. The molecule has 0 aliphatic carbocycles. The van der Waals surface area contributed by atoms with Crippen molar-refractivity contribution in [3.05, 3.63) is 58.3 Å². The van der Waals surface area contributed by atoms with Crippen molar-refractivity contribution in [1.29, 1.82) is 0 Å². The molecule has 5 heteroatoms. The van der Waals surface area contributed by atoms with Gasteiger partial charge in [0.25, 0.3) is 0 Å². The number of benzene rings is 1. The second-order valence-corrected chi connectivity index (χ2v) is 7.24. The van der Waals surface area contributed by atoms with Gasteiger partial charge in [0.15, 0.2) is 0 Å². The van der Waals surface area contributed by atoms with E-state index in [1.165, 1.54) is 10.4 Å². The molecule has 1 aliphatic heterocycles. The van der Waals surface area contributed by atoms with Crippen LogP contribution in [0.3, 0.4) is 0 Å². The Labute approximate surface area is 141 Å². The van der Waals surface area contributed by atoms with Crippen LogP contribution < -0.4 is 5.73 Å². The lowest BCUT2D eigenvalue weighted by molar-refractivity contribution is -0.131. The number of hydrogen-bond acceptors (Lipinski definition) is 4. The van der Waals surface area contributed by atoms with E-state index in [4.69, 9.17) is 5.73 Å². The molecular weight excluding hydrogens is 306 g/mol. The SMILES string of the molecule is CN(Cc1cccs1)C(=O)CN1C[C@@H](N)[C@H](c2ccccc2)C1. The zero-order valence-corrected chi connectivity index (χ0v) is 14.2. The molecule has 122 valence electrons. The van der Waals surface area contributed by atoms with E-state index in [9.17, 15) is 4.79 Å². The van der Waals surface area contributed by atoms with Crippen molar-refractivity contribution in [3.63, 3.8) is 0 Å². The third-order valence-corrected chi connectivity index (χ3v) is 5.29. The molecule has 1 amide bonds. The van der Waals surface area contributed by atoms with Crippen LogP contribution in [-0.4, -0.2) is 48.4 Å². The first-order valence-corrected chi connectivity index (χ1v) is 8.80. The highest BCUT2D eigenvalue weighted by Gasteiger charge is 2.32. The molecule has 1 aromatic carbocycles. The van der Waals surface area contributed by atoms with Gasteiger partial charge in [0.05, 0.1) is 13.1 Å². The molecule has 3 rings (SSSR count). The fourth-order valence-corrected chi connectivity index (χ4v) is 3.89. The Balaban J connectivity index is 1.55. The minimum Gasteiger partial charge on any atom is -0.340 e. The Kier molecular flexibility index (Phi) is 5.10. The van der Waals surface area contributed by atoms with Crippen LogP contribution >= 0.6 is 11.3 Å². The van der Waals surface area contributed by atoms with Crippen LogP contribution in [0, 0.1) is 0 Å². The van der Waals surface area contributed by atoms with Gasteiger partial charge in [-0.3, -0.25) is 9.69 Å². The molecule has 0 bridgehead atoms. The minimum atomic E-state index is 0.0906. The maximum Gasteiger partial charge on any atom is 0.236 e. The summed E-state index contributed by atoms with van der Waals surface area (Å²) in [6, 6.07) is 14.5. The summed E-state index contributed by atoms with van der Waals surface area (Å²) in [6.45, 7) is 2.75. The quantitative estimate of drug-likeness (QED) is 0.914. The monoisotopic (exact) mass is 329 g/mol. The van der Waals surface area contributed by atoms with Crippen molar-refractivity contribution in [2.45, 2.75) is 18.5 Å². The number of likely N-dealkylation sites (tertiary alicyclic amines) is 1. The number of nitrogens with zero attached hydrogens (tertiary/aromatic N) is 2. The van der Waals surface area contributed by atoms with Gasteiger partial charge in [-0.25, -0.2) is 0 Å². The van der Waals surface area contributed by atoms with Crippen LogP contribution in [0.25, 0.3) is 0 Å². The first kappa shape index (κ1) is 16.2. The molecule has 0 unspecified atom stereocenters. The van der Waals surface area contributed by atoms with Crippen molar-refractivity contribution in [2.75, 3.05) is 26.7 Å². The molecule has 1 fully saturated rings. The zero-order valence-electron chi connectivity index (χ0n) is 13.4. The largest absolute Gasteiger partial charge is 0.340 e. The molecule has 1 saturated heterocycles. The molecule has 0 saturated carbocycles. The van der Waals surface area contributed by atoms with Crippen LogP contribution in [0.4, 0.5) is 0 Å². The maximum absolute atomic E-state index is 12.4. The van der Waals surface area contributed by atoms with Gasteiger partial charge in [-0.2, -0.15) is 0 Å². The average Bonchev–Trinajstić information content (AvgIpc) is 3.18. The number of likely N-dealkylation sites (N-methyl/N-ethyl adjacent to an activating group) is 1. The van der Waals surface area contributed by atoms with E-state index in [1.54, 1.807) is 16.2 Å². The van der Waals surface area contributed by atoms with Crippen LogP contribution in [0.15, 0.2) is 47.8 Å². The standard InChI is InChI=1S/C18H23N3OS/c1-20(10-15-8-5-9-23-15)18(22)13-21-11-16(17(19)12-21)14-6-3-2-4-7-14/h2-9,16-17H,10-13,19H2,1H3/t16-,17+/m0/s1. The summed E-state index contributed by atoms with van der Waals surface area (Å²) in [5.41, 5.74) is 7.56. The molecule has 1 aromatic heterocycles. The van der Waals surface area contributed by atoms with E-state index < -0.39 is 0 Å². The highest BCUT2D eigenvalue weighted by atomic mass is 32.1. The topological polar surface area (TPSA) is 49.6 Å². The third kappa shape index (κ3) is 3.99. The summed E-state index contributed by atoms with van der Waals surface area (Å²) >= 11 is 1.68. The van der Waals surface area contributed by atoms with Gasteiger partial charge in [0, 0.05) is 37.0 Å². The van der Waals surface area contributed by atoms with E-state index in [0.29, 0.717) is 19.0 Å². The highest BCUT2D eigenvalue weighted by molar-refractivity contribution is 7.09. The molecule has 4 nitrogen and oxygen atoms in total. The summed E-state index contributed by atoms with van der Waals surface area (Å²) < 4.78 is 0. The molecule has 0 radical (unpaired) electrons. The van der Waals surface area contributed by atoms with E-state index in [2.05, 4.69) is 23.1 Å². The first-order chi connectivity index (χ1) is 11.1. The average molecular weight is 329 g/mol. The molecule has 23 heavy (non-hydrogen) atoms. The highest BCUT2D eigenvalue weighted by Crippen LogP contribution is 2.26. The van der Waals surface area contributed by atoms with E-state index in [1.807, 2.05) is 36.7 Å². The van der Waals surface area contributed by atoms with E-state index >= 15 is 0 Å². The van der Waals surface area contributed by atoms with Gasteiger partial charge >= 0.3 is 0 Å². The van der Waals surface area contributed by atoms with Crippen molar-refractivity contribution in [3.8, 4) is 0 Å². The minimum absolute atomic E-state index is 0.0906. The van der Waals surface area contributed by atoms with E-state index in [-0.39, 0.29) is 11.9 Å². The van der Waals surface area contributed by atoms with Crippen LogP contribution in [0.2, 0.25) is 0 Å². The summed E-state index contributed by atoms with van der Waals surface area (Å²) in [5.74, 6) is 0.464. The van der Waals surface area contributed by atoms with Crippen LogP contribution in [-0.2, 0) is 11.3 Å². The third-order valence-electron chi connectivity index (χ3n) is 4.43. The van der Waals surface area contributed by atoms with Crippen LogP contribution in [0.1, 0.15) is 16.4 Å². The predicted octanol–water partition coefficient (Wildman–Crippen LogP) is 2.13. The number of carbonyl (C=O) groups excluding carboxylic acids is 1. The molecule has 2 atom stereocenters. The Hall–Kier alpha value is -1.69. The number of carbonyl (C=O) groups is 1. The summed E-state index contributed by atoms with van der Waals surface area (Å²) in [6.07, 6.45) is 0. The fourth-order valence-electron chi connectivity index (χ4n) is 3.13. The van der Waals surface area contributed by atoms with Crippen molar-refractivity contribution < 1.29 is 4.79 Å². The zero-order chi connectivity index (χ0) is 16.2. The summed E-state index contributed by atoms with van der Waals surface area (Å²) in [7, 11) is 1.87. The number of thiophene rings is 1. The maximum atomic E-state index is 12.4. The number of nitrogens with two attached hydrogens (primary N) is 1. The first-order valence-electron chi connectivity index (χ1n) is 7.92. The molecule has 2 N–H and O–H groups in total. The van der Waals surface area contributed by atoms with Gasteiger partial charge in [-0.1, -0.05) is 36.4 Å². The van der Waals surface area contributed by atoms with Gasteiger partial charge in [-0.15, -0.1) is 11.3 Å². The Morgan fingerprint density at radius 1 is 1.26 bits per heavy atom. The van der Waals surface area contributed by atoms with Gasteiger partial charge in [0.2, 0.25) is 5.91 Å². The summed E-state index contributed by atoms with van der Waals surface area (Å²) in [5, 5.41) is 2.04.